The number of anilines is 1. The average molecular weight is 507 g/mol. The third kappa shape index (κ3) is 7.75. The van der Waals surface area contributed by atoms with Crippen molar-refractivity contribution in [2.75, 3.05) is 11.9 Å². The molecule has 182 valence electrons. The molecule has 2 N–H and O–H groups in total. The van der Waals surface area contributed by atoms with Gasteiger partial charge in [-0.3, -0.25) is 4.79 Å². The molecule has 11 heteroatoms. The molecule has 0 aliphatic carbocycles. The number of halogens is 4. The lowest BCUT2D eigenvalue weighted by atomic mass is 10.1. The normalized spacial score (nSPS) is 10.9. The maximum atomic E-state index is 12.7. The Morgan fingerprint density at radius 2 is 1.60 bits per heavy atom. The standard InChI is InChI=1S/C24H18ClF3N2O5/c25-17-8-11-20(35-21(31)13-29-23(33)34-14-15-4-2-1-3-5-15)19(12-17)22(32)30-18-9-6-16(7-10-18)24(26,27)28/h1-12H,13-14H2,(H,29,33)(H,30,32). The highest BCUT2D eigenvalue weighted by atomic mass is 35.5. The first-order chi connectivity index (χ1) is 16.6. The second-order valence-electron chi connectivity index (χ2n) is 7.06. The molecule has 0 saturated heterocycles. The number of esters is 1. The molecule has 0 aliphatic heterocycles. The number of rotatable bonds is 7. The molecule has 0 heterocycles. The lowest BCUT2D eigenvalue weighted by Crippen LogP contribution is -2.32. The van der Waals surface area contributed by atoms with Crippen molar-refractivity contribution in [1.29, 1.82) is 0 Å². The van der Waals surface area contributed by atoms with Crippen LogP contribution in [0.3, 0.4) is 0 Å². The van der Waals surface area contributed by atoms with Crippen LogP contribution in [0.1, 0.15) is 21.5 Å². The van der Waals surface area contributed by atoms with Crippen LogP contribution in [0.15, 0.2) is 72.8 Å². The summed E-state index contributed by atoms with van der Waals surface area (Å²) in [4.78, 5) is 36.6. The number of amides is 2. The van der Waals surface area contributed by atoms with Gasteiger partial charge in [0.05, 0.1) is 11.1 Å². The SMILES string of the molecule is O=C(CNC(=O)OCc1ccccc1)Oc1ccc(Cl)cc1C(=O)Nc1ccc(C(F)(F)F)cc1. The van der Waals surface area contributed by atoms with Crippen molar-refractivity contribution in [3.05, 3.63) is 94.5 Å². The van der Waals surface area contributed by atoms with Crippen LogP contribution < -0.4 is 15.4 Å². The maximum Gasteiger partial charge on any atom is 0.416 e. The van der Waals surface area contributed by atoms with Gasteiger partial charge in [-0.1, -0.05) is 41.9 Å². The van der Waals surface area contributed by atoms with Gasteiger partial charge in [-0.25, -0.2) is 9.59 Å². The topological polar surface area (TPSA) is 93.7 Å². The summed E-state index contributed by atoms with van der Waals surface area (Å²) in [5, 5.41) is 4.81. The minimum absolute atomic E-state index is 0.00712. The van der Waals surface area contributed by atoms with Gasteiger partial charge < -0.3 is 20.1 Å². The number of hydrogen-bond donors (Lipinski definition) is 2. The van der Waals surface area contributed by atoms with Crippen LogP contribution in [0.2, 0.25) is 5.02 Å². The van der Waals surface area contributed by atoms with Crippen LogP contribution in [0, 0.1) is 0 Å². The van der Waals surface area contributed by atoms with Crippen molar-refractivity contribution < 1.29 is 37.0 Å². The van der Waals surface area contributed by atoms with Crippen molar-refractivity contribution in [2.45, 2.75) is 12.8 Å². The molecule has 0 bridgehead atoms. The van der Waals surface area contributed by atoms with E-state index in [0.717, 1.165) is 29.8 Å². The summed E-state index contributed by atoms with van der Waals surface area (Å²) in [7, 11) is 0. The zero-order valence-corrected chi connectivity index (χ0v) is 18.7. The minimum atomic E-state index is -4.52. The maximum absolute atomic E-state index is 12.7. The highest BCUT2D eigenvalue weighted by Crippen LogP contribution is 2.30. The van der Waals surface area contributed by atoms with Gasteiger partial charge in [0.25, 0.3) is 5.91 Å². The predicted molar refractivity (Wildman–Crippen MR) is 121 cm³/mol. The van der Waals surface area contributed by atoms with Gasteiger partial charge in [0, 0.05) is 10.7 Å². The monoisotopic (exact) mass is 506 g/mol. The highest BCUT2D eigenvalue weighted by molar-refractivity contribution is 6.31. The molecule has 0 aromatic heterocycles. The summed E-state index contributed by atoms with van der Waals surface area (Å²) in [6.45, 7) is -0.538. The van der Waals surface area contributed by atoms with Crippen molar-refractivity contribution in [3.8, 4) is 5.75 Å². The van der Waals surface area contributed by atoms with Crippen molar-refractivity contribution in [2.24, 2.45) is 0 Å². The number of benzene rings is 3. The Morgan fingerprint density at radius 1 is 0.914 bits per heavy atom. The van der Waals surface area contributed by atoms with E-state index in [-0.39, 0.29) is 28.6 Å². The number of nitrogens with one attached hydrogen (secondary N) is 2. The molecule has 3 aromatic carbocycles. The third-order valence-corrected chi connectivity index (χ3v) is 4.71. The van der Waals surface area contributed by atoms with Crippen LogP contribution >= 0.6 is 11.6 Å². The van der Waals surface area contributed by atoms with Gasteiger partial charge in [0.2, 0.25) is 0 Å². The van der Waals surface area contributed by atoms with Crippen LogP contribution in [-0.4, -0.2) is 24.5 Å². The van der Waals surface area contributed by atoms with E-state index in [9.17, 15) is 27.6 Å². The summed E-state index contributed by atoms with van der Waals surface area (Å²) in [6.07, 6.45) is -5.36. The fourth-order valence-corrected chi connectivity index (χ4v) is 2.96. The molecule has 0 unspecified atom stereocenters. The lowest BCUT2D eigenvalue weighted by Gasteiger charge is -2.12. The number of alkyl carbamates (subject to hydrolysis) is 1. The van der Waals surface area contributed by atoms with Gasteiger partial charge in [0.15, 0.2) is 0 Å². The first-order valence-electron chi connectivity index (χ1n) is 10.1. The zero-order valence-electron chi connectivity index (χ0n) is 17.9. The molecule has 3 rings (SSSR count). The summed E-state index contributed by atoms with van der Waals surface area (Å²) in [5.74, 6) is -1.83. The Kier molecular flexibility index (Phi) is 8.32. The molecule has 35 heavy (non-hydrogen) atoms. The number of alkyl halides is 3. The van der Waals surface area contributed by atoms with Crippen LogP contribution in [0.5, 0.6) is 5.75 Å². The molecule has 0 spiro atoms. The van der Waals surface area contributed by atoms with E-state index in [1.807, 2.05) is 6.07 Å². The number of hydrogen-bond acceptors (Lipinski definition) is 5. The highest BCUT2D eigenvalue weighted by Gasteiger charge is 2.30. The van der Waals surface area contributed by atoms with E-state index in [4.69, 9.17) is 21.1 Å². The Bertz CT molecular complexity index is 1200. The Hall–Kier alpha value is -4.05. The second kappa shape index (κ2) is 11.4. The minimum Gasteiger partial charge on any atom is -0.445 e. The molecule has 0 fully saturated rings. The summed E-state index contributed by atoms with van der Waals surface area (Å²) >= 11 is 5.94. The van der Waals surface area contributed by atoms with Crippen molar-refractivity contribution in [1.82, 2.24) is 5.32 Å². The zero-order chi connectivity index (χ0) is 25.4. The molecular weight excluding hydrogens is 489 g/mol. The van der Waals surface area contributed by atoms with Gasteiger partial charge in [0.1, 0.15) is 18.9 Å². The van der Waals surface area contributed by atoms with E-state index in [1.165, 1.54) is 18.2 Å². The summed E-state index contributed by atoms with van der Waals surface area (Å²) in [5.41, 5.74) is -0.168. The predicted octanol–water partition coefficient (Wildman–Crippen LogP) is 5.44. The number of carbonyl (C=O) groups excluding carboxylic acids is 3. The van der Waals surface area contributed by atoms with E-state index < -0.39 is 36.3 Å². The van der Waals surface area contributed by atoms with E-state index in [2.05, 4.69) is 10.6 Å². The molecule has 0 atom stereocenters. The van der Waals surface area contributed by atoms with Gasteiger partial charge >= 0.3 is 18.2 Å². The summed E-state index contributed by atoms with van der Waals surface area (Å²) in [6, 6.07) is 16.6. The van der Waals surface area contributed by atoms with Crippen molar-refractivity contribution >= 4 is 35.3 Å². The van der Waals surface area contributed by atoms with Gasteiger partial charge in [-0.15, -0.1) is 0 Å². The first kappa shape index (κ1) is 25.6. The lowest BCUT2D eigenvalue weighted by molar-refractivity contribution is -0.137. The second-order valence-corrected chi connectivity index (χ2v) is 7.50. The Morgan fingerprint density at radius 3 is 2.26 bits per heavy atom. The van der Waals surface area contributed by atoms with E-state index in [0.29, 0.717) is 0 Å². The number of carbonyl (C=O) groups is 3. The smallest absolute Gasteiger partial charge is 0.416 e. The third-order valence-electron chi connectivity index (χ3n) is 4.47. The first-order valence-corrected chi connectivity index (χ1v) is 10.4. The van der Waals surface area contributed by atoms with Gasteiger partial charge in [-0.2, -0.15) is 13.2 Å². The van der Waals surface area contributed by atoms with Crippen LogP contribution in [0.4, 0.5) is 23.7 Å². The van der Waals surface area contributed by atoms with Gasteiger partial charge in [-0.05, 0) is 48.0 Å². The van der Waals surface area contributed by atoms with Crippen LogP contribution in [0.25, 0.3) is 0 Å². The molecular formula is C24H18ClF3N2O5. The molecule has 2 amide bonds. The van der Waals surface area contributed by atoms with E-state index in [1.54, 1.807) is 24.3 Å². The Balaban J connectivity index is 1.58. The fourth-order valence-electron chi connectivity index (χ4n) is 2.79. The Labute approximate surface area is 202 Å². The molecule has 0 radical (unpaired) electrons. The quantitative estimate of drug-likeness (QED) is 0.328. The molecule has 0 aliphatic rings. The molecule has 3 aromatic rings. The largest absolute Gasteiger partial charge is 0.445 e. The van der Waals surface area contributed by atoms with Crippen molar-refractivity contribution in [3.63, 3.8) is 0 Å². The molecule has 0 saturated carbocycles. The fraction of sp³-hybridized carbons (Fsp3) is 0.125. The number of ether oxygens (including phenoxy) is 2. The average Bonchev–Trinajstić information content (AvgIpc) is 2.83. The molecule has 7 nitrogen and oxygen atoms in total. The summed E-state index contributed by atoms with van der Waals surface area (Å²) < 4.78 is 48.3. The van der Waals surface area contributed by atoms with Crippen LogP contribution in [-0.2, 0) is 22.3 Å². The van der Waals surface area contributed by atoms with E-state index >= 15 is 0 Å².